The first-order valence-electron chi connectivity index (χ1n) is 10.9. The Kier molecular flexibility index (Phi) is 6.90. The minimum absolute atomic E-state index is 0.0126. The number of amides is 1. The van der Waals surface area contributed by atoms with Crippen LogP contribution in [-0.2, 0) is 14.8 Å². The zero-order valence-electron chi connectivity index (χ0n) is 19.1. The molecule has 0 atom stereocenters. The van der Waals surface area contributed by atoms with E-state index in [2.05, 4.69) is 15.0 Å². The van der Waals surface area contributed by atoms with Gasteiger partial charge in [0.15, 0.2) is 5.13 Å². The Balaban J connectivity index is 1.65. The van der Waals surface area contributed by atoms with Crippen molar-refractivity contribution in [2.24, 2.45) is 5.92 Å². The van der Waals surface area contributed by atoms with Gasteiger partial charge in [-0.15, -0.1) is 0 Å². The number of carbonyl (C=O) groups is 1. The molecule has 34 heavy (non-hydrogen) atoms. The second-order valence-corrected chi connectivity index (χ2v) is 11.0. The number of methoxy groups -OCH3 is 1. The van der Waals surface area contributed by atoms with Crippen LogP contribution in [0.15, 0.2) is 41.3 Å². The smallest absolute Gasteiger partial charge is 0.265 e. The molecule has 0 unspecified atom stereocenters. The van der Waals surface area contributed by atoms with Gasteiger partial charge in [-0.2, -0.15) is 0 Å². The van der Waals surface area contributed by atoms with Crippen molar-refractivity contribution in [3.8, 4) is 16.2 Å². The van der Waals surface area contributed by atoms with E-state index < -0.39 is 15.8 Å². The van der Waals surface area contributed by atoms with E-state index >= 15 is 0 Å². The number of anilines is 2. The van der Waals surface area contributed by atoms with Crippen molar-refractivity contribution >= 4 is 38.1 Å². The van der Waals surface area contributed by atoms with Crippen LogP contribution in [0.1, 0.15) is 36.9 Å². The van der Waals surface area contributed by atoms with Gasteiger partial charge < -0.3 is 10.1 Å². The predicted molar refractivity (Wildman–Crippen MR) is 131 cm³/mol. The Bertz CT molecular complexity index is 1330. The summed E-state index contributed by atoms with van der Waals surface area (Å²) in [7, 11) is -2.79. The van der Waals surface area contributed by atoms with Gasteiger partial charge in [-0.1, -0.05) is 30.2 Å². The van der Waals surface area contributed by atoms with E-state index in [-0.39, 0.29) is 28.2 Å². The average molecular weight is 504 g/mol. The van der Waals surface area contributed by atoms with Crippen LogP contribution < -0.4 is 14.8 Å². The lowest BCUT2D eigenvalue weighted by Gasteiger charge is -2.13. The number of aromatic nitrogens is 1. The Hall–Kier alpha value is -2.98. The second-order valence-electron chi connectivity index (χ2n) is 8.36. The van der Waals surface area contributed by atoms with Crippen LogP contribution in [-0.4, -0.2) is 26.4 Å². The van der Waals surface area contributed by atoms with Crippen LogP contribution in [0, 0.1) is 25.6 Å². The monoisotopic (exact) mass is 503 g/mol. The molecule has 0 spiro atoms. The Labute approximate surface area is 202 Å². The van der Waals surface area contributed by atoms with Crippen LogP contribution in [0.3, 0.4) is 0 Å². The van der Waals surface area contributed by atoms with Crippen molar-refractivity contribution in [1.82, 2.24) is 4.98 Å². The van der Waals surface area contributed by atoms with Crippen molar-refractivity contribution in [2.45, 2.75) is 44.4 Å². The highest BCUT2D eigenvalue weighted by Crippen LogP contribution is 2.37. The first-order chi connectivity index (χ1) is 16.2. The van der Waals surface area contributed by atoms with Gasteiger partial charge in [-0.05, 0) is 68.1 Å². The highest BCUT2D eigenvalue weighted by Gasteiger charge is 2.25. The minimum atomic E-state index is -4.16. The summed E-state index contributed by atoms with van der Waals surface area (Å²) in [6, 6.07) is 9.00. The van der Waals surface area contributed by atoms with Gasteiger partial charge in [0.05, 0.1) is 23.4 Å². The summed E-state index contributed by atoms with van der Waals surface area (Å²) in [5.74, 6) is -0.556. The fraction of sp³-hybridized carbons (Fsp3) is 0.333. The average Bonchev–Trinajstić information content (AvgIpc) is 3.45. The molecular weight excluding hydrogens is 477 g/mol. The van der Waals surface area contributed by atoms with Gasteiger partial charge in [0.1, 0.15) is 16.5 Å². The predicted octanol–water partition coefficient (Wildman–Crippen LogP) is 5.50. The third kappa shape index (κ3) is 5.07. The Morgan fingerprint density at radius 2 is 1.88 bits per heavy atom. The summed E-state index contributed by atoms with van der Waals surface area (Å²) < 4.78 is 48.2. The molecule has 1 fully saturated rings. The maximum atomic E-state index is 14.3. The molecule has 1 heterocycles. The number of carbonyl (C=O) groups excluding carboxylic acids is 1. The van der Waals surface area contributed by atoms with Gasteiger partial charge in [-0.3, -0.25) is 9.52 Å². The quantitative estimate of drug-likeness (QED) is 0.443. The third-order valence-electron chi connectivity index (χ3n) is 5.84. The molecular formula is C24H26FN3O4S2. The molecule has 1 aromatic heterocycles. The molecule has 0 saturated heterocycles. The van der Waals surface area contributed by atoms with Crippen LogP contribution in [0.4, 0.5) is 15.2 Å². The van der Waals surface area contributed by atoms with Crippen molar-refractivity contribution in [3.63, 3.8) is 0 Å². The number of hydrogen-bond donors (Lipinski definition) is 2. The second kappa shape index (κ2) is 9.71. The van der Waals surface area contributed by atoms with E-state index in [4.69, 9.17) is 4.74 Å². The van der Waals surface area contributed by atoms with E-state index in [1.807, 2.05) is 0 Å². The molecule has 1 amide bonds. The fourth-order valence-electron chi connectivity index (χ4n) is 4.04. The highest BCUT2D eigenvalue weighted by molar-refractivity contribution is 7.92. The van der Waals surface area contributed by atoms with E-state index in [9.17, 15) is 17.6 Å². The first-order valence-corrected chi connectivity index (χ1v) is 13.2. The maximum Gasteiger partial charge on any atom is 0.265 e. The molecule has 2 N–H and O–H groups in total. The number of rotatable bonds is 7. The summed E-state index contributed by atoms with van der Waals surface area (Å²) in [6.45, 7) is 3.52. The van der Waals surface area contributed by atoms with Gasteiger partial charge in [0.25, 0.3) is 10.0 Å². The molecule has 0 radical (unpaired) electrons. The van der Waals surface area contributed by atoms with Crippen molar-refractivity contribution < 1.29 is 22.3 Å². The molecule has 1 saturated carbocycles. The summed E-state index contributed by atoms with van der Waals surface area (Å²) in [6.07, 6.45) is 3.89. The number of hydrogen-bond acceptors (Lipinski definition) is 6. The van der Waals surface area contributed by atoms with Crippen LogP contribution >= 0.6 is 11.3 Å². The third-order valence-corrected chi connectivity index (χ3v) is 8.35. The zero-order chi connectivity index (χ0) is 24.5. The minimum Gasteiger partial charge on any atom is -0.495 e. The summed E-state index contributed by atoms with van der Waals surface area (Å²) in [5, 5.41) is 3.37. The summed E-state index contributed by atoms with van der Waals surface area (Å²) >= 11 is 1.28. The largest absolute Gasteiger partial charge is 0.495 e. The maximum absolute atomic E-state index is 14.3. The molecule has 1 aliphatic carbocycles. The van der Waals surface area contributed by atoms with Crippen LogP contribution in [0.2, 0.25) is 0 Å². The molecule has 0 aliphatic heterocycles. The van der Waals surface area contributed by atoms with E-state index in [0.717, 1.165) is 30.6 Å². The van der Waals surface area contributed by atoms with Gasteiger partial charge in [0, 0.05) is 5.92 Å². The number of aryl methyl sites for hydroxylation is 2. The SMILES string of the molecule is COc1ccc(-c2sc(NC(=O)C3CCCC3)nc2C)cc1S(=O)(=O)Nc1ccc(C)cc1F. The number of ether oxygens (including phenoxy) is 1. The fourth-order valence-corrected chi connectivity index (χ4v) is 6.27. The van der Waals surface area contributed by atoms with Crippen molar-refractivity contribution in [3.05, 3.63) is 53.5 Å². The van der Waals surface area contributed by atoms with Gasteiger partial charge in [0.2, 0.25) is 5.91 Å². The number of nitrogens with zero attached hydrogens (tertiary/aromatic N) is 1. The van der Waals surface area contributed by atoms with Gasteiger partial charge in [-0.25, -0.2) is 17.8 Å². The Morgan fingerprint density at radius 3 is 2.56 bits per heavy atom. The molecule has 7 nitrogen and oxygen atoms in total. The standard InChI is InChI=1S/C24H26FN3O4S2/c1-14-8-10-19(18(25)12-14)28-34(30,31)21-13-17(9-11-20(21)32-3)22-15(2)26-24(33-22)27-23(29)16-6-4-5-7-16/h8-13,16,28H,4-7H2,1-3H3,(H,26,27,29). The lowest BCUT2D eigenvalue weighted by Crippen LogP contribution is -2.20. The molecule has 3 aromatic rings. The first kappa shape index (κ1) is 24.2. The Morgan fingerprint density at radius 1 is 1.15 bits per heavy atom. The molecule has 0 bridgehead atoms. The molecule has 2 aromatic carbocycles. The number of halogens is 1. The molecule has 4 rings (SSSR count). The number of sulfonamides is 1. The van der Waals surface area contributed by atoms with Crippen molar-refractivity contribution in [2.75, 3.05) is 17.1 Å². The van der Waals surface area contributed by atoms with E-state index in [1.165, 1.54) is 36.6 Å². The van der Waals surface area contributed by atoms with E-state index in [1.54, 1.807) is 32.0 Å². The lowest BCUT2D eigenvalue weighted by molar-refractivity contribution is -0.119. The summed E-state index contributed by atoms with van der Waals surface area (Å²) in [5.41, 5.74) is 1.79. The van der Waals surface area contributed by atoms with E-state index in [0.29, 0.717) is 22.0 Å². The van der Waals surface area contributed by atoms with Crippen LogP contribution in [0.25, 0.3) is 10.4 Å². The molecule has 10 heteroatoms. The number of thiazole rings is 1. The van der Waals surface area contributed by atoms with Gasteiger partial charge >= 0.3 is 0 Å². The number of benzene rings is 2. The summed E-state index contributed by atoms with van der Waals surface area (Å²) in [4.78, 5) is 17.5. The highest BCUT2D eigenvalue weighted by atomic mass is 32.2. The number of nitrogens with one attached hydrogen (secondary N) is 2. The topological polar surface area (TPSA) is 97.4 Å². The van der Waals surface area contributed by atoms with Crippen LogP contribution in [0.5, 0.6) is 5.75 Å². The van der Waals surface area contributed by atoms with Crippen molar-refractivity contribution in [1.29, 1.82) is 0 Å². The lowest BCUT2D eigenvalue weighted by atomic mass is 10.1. The molecule has 1 aliphatic rings. The zero-order valence-corrected chi connectivity index (χ0v) is 20.8. The molecule has 180 valence electrons. The normalized spacial score (nSPS) is 14.2.